The first-order chi connectivity index (χ1) is 20.0. The Morgan fingerprint density at radius 1 is 0.927 bits per heavy atom. The van der Waals surface area contributed by atoms with Gasteiger partial charge in [0.1, 0.15) is 5.54 Å². The van der Waals surface area contributed by atoms with E-state index in [1.54, 1.807) is 13.0 Å². The third-order valence-electron chi connectivity index (χ3n) is 7.59. The maximum atomic E-state index is 13.1. The number of rotatable bonds is 14. The molecule has 1 heterocycles. The maximum absolute atomic E-state index is 13.1. The molecule has 0 aliphatic heterocycles. The number of esters is 1. The molecule has 1 aliphatic rings. The van der Waals surface area contributed by atoms with Gasteiger partial charge in [-0.25, -0.2) is 4.79 Å². The molecule has 1 amide bonds. The fourth-order valence-electron chi connectivity index (χ4n) is 5.21. The van der Waals surface area contributed by atoms with E-state index in [-0.39, 0.29) is 11.9 Å². The van der Waals surface area contributed by atoms with Crippen molar-refractivity contribution in [1.82, 2.24) is 10.3 Å². The van der Waals surface area contributed by atoms with E-state index in [0.717, 1.165) is 55.5 Å². The molecule has 3 aromatic rings. The smallest absolute Gasteiger partial charge is 0.331 e. The van der Waals surface area contributed by atoms with Crippen molar-refractivity contribution in [1.29, 1.82) is 0 Å². The summed E-state index contributed by atoms with van der Waals surface area (Å²) in [4.78, 5) is 30.4. The van der Waals surface area contributed by atoms with Crippen molar-refractivity contribution in [2.75, 3.05) is 13.2 Å². The van der Waals surface area contributed by atoms with Gasteiger partial charge in [0.05, 0.1) is 24.6 Å². The van der Waals surface area contributed by atoms with Crippen LogP contribution in [0.25, 0.3) is 12.2 Å². The van der Waals surface area contributed by atoms with Crippen molar-refractivity contribution in [3.8, 4) is 0 Å². The number of benzene rings is 2. The van der Waals surface area contributed by atoms with E-state index in [9.17, 15) is 9.59 Å². The number of carbonyl (C=O) groups excluding carboxylic acids is 2. The van der Waals surface area contributed by atoms with Gasteiger partial charge in [-0.05, 0) is 92.5 Å². The average molecular weight is 555 g/mol. The Labute approximate surface area is 244 Å². The van der Waals surface area contributed by atoms with Crippen LogP contribution in [0, 0.1) is 0 Å². The first-order valence-electron chi connectivity index (χ1n) is 14.9. The first-order valence-corrected chi connectivity index (χ1v) is 14.9. The quantitative estimate of drug-likeness (QED) is 0.172. The molecule has 0 unspecified atom stereocenters. The topological polar surface area (TPSA) is 77.5 Å². The van der Waals surface area contributed by atoms with Gasteiger partial charge in [-0.1, -0.05) is 68.3 Å². The molecular weight excluding hydrogens is 512 g/mol. The lowest BCUT2D eigenvalue weighted by Crippen LogP contribution is -2.53. The predicted molar refractivity (Wildman–Crippen MR) is 163 cm³/mol. The van der Waals surface area contributed by atoms with E-state index >= 15 is 0 Å². The second-order valence-electron chi connectivity index (χ2n) is 10.7. The zero-order valence-corrected chi connectivity index (χ0v) is 24.4. The Hall–Kier alpha value is -3.77. The summed E-state index contributed by atoms with van der Waals surface area (Å²) in [7, 11) is 0. The molecule has 2 aromatic carbocycles. The molecule has 6 heteroatoms. The highest BCUT2D eigenvalue weighted by Gasteiger charge is 2.44. The van der Waals surface area contributed by atoms with Crippen LogP contribution in [0.1, 0.15) is 90.8 Å². The van der Waals surface area contributed by atoms with Crippen molar-refractivity contribution in [2.45, 2.75) is 77.4 Å². The number of amides is 1. The number of nitrogens with zero attached hydrogens (tertiary/aromatic N) is 1. The third-order valence-corrected chi connectivity index (χ3v) is 7.59. The van der Waals surface area contributed by atoms with Gasteiger partial charge in [0, 0.05) is 12.2 Å². The van der Waals surface area contributed by atoms with Gasteiger partial charge >= 0.3 is 5.97 Å². The molecule has 1 aromatic heterocycles. The van der Waals surface area contributed by atoms with E-state index in [0.29, 0.717) is 38.2 Å². The fourth-order valence-corrected chi connectivity index (χ4v) is 5.21. The minimum Gasteiger partial charge on any atom is -0.464 e. The van der Waals surface area contributed by atoms with Crippen molar-refractivity contribution < 1.29 is 19.1 Å². The van der Waals surface area contributed by atoms with Crippen LogP contribution in [0.3, 0.4) is 0 Å². The van der Waals surface area contributed by atoms with Gasteiger partial charge in [-0.3, -0.25) is 9.78 Å². The zero-order chi connectivity index (χ0) is 28.9. The van der Waals surface area contributed by atoms with Gasteiger partial charge in [-0.15, -0.1) is 0 Å². The molecule has 1 fully saturated rings. The van der Waals surface area contributed by atoms with Crippen molar-refractivity contribution >= 4 is 24.0 Å². The van der Waals surface area contributed by atoms with Crippen molar-refractivity contribution in [3.63, 3.8) is 0 Å². The number of unbranched alkanes of at least 4 members (excludes halogenated alkanes) is 1. The number of carbonyl (C=O) groups is 2. The standard InChI is InChI=1S/C35H42N2O4/c1-3-27-16-18-28(19-17-27)11-5-8-24-40-26-32-15-10-14-31(36-32)21-20-29-12-9-13-30(25-29)33(38)37-35(22-6-7-23-35)34(39)41-4-2/h9-10,12-21,25H,3-8,11,22-24,26H2,1-2H3,(H,37,38)/b21-20+. The SMILES string of the molecule is CCOC(=O)C1(NC(=O)c2cccc(/C=C/c3cccc(COCCCCc4ccc(CC)cc4)n3)c2)CCCC1. The zero-order valence-electron chi connectivity index (χ0n) is 24.4. The van der Waals surface area contributed by atoms with Crippen LogP contribution in [-0.4, -0.2) is 35.6 Å². The molecule has 1 saturated carbocycles. The average Bonchev–Trinajstić information content (AvgIpc) is 3.48. The number of aryl methyl sites for hydroxylation is 2. The molecule has 0 radical (unpaired) electrons. The van der Waals surface area contributed by atoms with E-state index in [2.05, 4.69) is 36.5 Å². The summed E-state index contributed by atoms with van der Waals surface area (Å²) in [6.45, 7) is 5.44. The van der Waals surface area contributed by atoms with Crippen molar-refractivity contribution in [3.05, 3.63) is 100 Å². The molecular formula is C35H42N2O4. The number of ether oxygens (including phenoxy) is 2. The first kappa shape index (κ1) is 30.2. The molecule has 0 spiro atoms. The Balaban J connectivity index is 1.26. The number of hydrogen-bond acceptors (Lipinski definition) is 5. The number of nitrogens with one attached hydrogen (secondary N) is 1. The van der Waals surface area contributed by atoms with E-state index in [1.165, 1.54) is 11.1 Å². The van der Waals surface area contributed by atoms with Crippen LogP contribution in [0.15, 0.2) is 66.7 Å². The van der Waals surface area contributed by atoms with Gasteiger partial charge in [0.2, 0.25) is 0 Å². The lowest BCUT2D eigenvalue weighted by Gasteiger charge is -2.27. The molecule has 1 aliphatic carbocycles. The summed E-state index contributed by atoms with van der Waals surface area (Å²) >= 11 is 0. The fraction of sp³-hybridized carbons (Fsp3) is 0.400. The molecule has 1 N–H and O–H groups in total. The molecule has 6 nitrogen and oxygen atoms in total. The summed E-state index contributed by atoms with van der Waals surface area (Å²) in [5.41, 5.74) is 4.93. The lowest BCUT2D eigenvalue weighted by atomic mass is 9.96. The predicted octanol–water partition coefficient (Wildman–Crippen LogP) is 6.96. The summed E-state index contributed by atoms with van der Waals surface area (Å²) in [5.74, 6) is -0.601. The molecule has 0 bridgehead atoms. The summed E-state index contributed by atoms with van der Waals surface area (Å²) < 4.78 is 11.2. The summed E-state index contributed by atoms with van der Waals surface area (Å²) in [6.07, 6.45) is 11.1. The van der Waals surface area contributed by atoms with Crippen LogP contribution in [0.5, 0.6) is 0 Å². The Morgan fingerprint density at radius 3 is 2.44 bits per heavy atom. The molecule has 216 valence electrons. The maximum Gasteiger partial charge on any atom is 0.331 e. The lowest BCUT2D eigenvalue weighted by molar-refractivity contribution is -0.150. The summed E-state index contributed by atoms with van der Waals surface area (Å²) in [6, 6.07) is 22.2. The molecule has 0 atom stereocenters. The van der Waals surface area contributed by atoms with Gasteiger partial charge in [0.15, 0.2) is 0 Å². The number of hydrogen-bond donors (Lipinski definition) is 1. The number of pyridine rings is 1. The van der Waals surface area contributed by atoms with Crippen LogP contribution >= 0.6 is 0 Å². The highest BCUT2D eigenvalue weighted by molar-refractivity contribution is 5.98. The normalized spacial score (nSPS) is 14.3. The third kappa shape index (κ3) is 8.86. The second-order valence-corrected chi connectivity index (χ2v) is 10.7. The summed E-state index contributed by atoms with van der Waals surface area (Å²) in [5, 5.41) is 2.98. The monoisotopic (exact) mass is 554 g/mol. The minimum atomic E-state index is -0.925. The van der Waals surface area contributed by atoms with Gasteiger partial charge < -0.3 is 14.8 Å². The Morgan fingerprint density at radius 2 is 1.68 bits per heavy atom. The highest BCUT2D eigenvalue weighted by Crippen LogP contribution is 2.31. The van der Waals surface area contributed by atoms with Crippen LogP contribution in [-0.2, 0) is 33.7 Å². The molecule has 41 heavy (non-hydrogen) atoms. The Bertz CT molecular complexity index is 1310. The van der Waals surface area contributed by atoms with E-state index < -0.39 is 5.54 Å². The number of aromatic nitrogens is 1. The second kappa shape index (κ2) is 15.3. The van der Waals surface area contributed by atoms with Gasteiger partial charge in [0.25, 0.3) is 5.91 Å². The van der Waals surface area contributed by atoms with Crippen molar-refractivity contribution in [2.24, 2.45) is 0 Å². The Kier molecular flexibility index (Phi) is 11.3. The van der Waals surface area contributed by atoms with E-state index in [4.69, 9.17) is 14.5 Å². The highest BCUT2D eigenvalue weighted by atomic mass is 16.5. The minimum absolute atomic E-state index is 0.262. The van der Waals surface area contributed by atoms with Crippen LogP contribution < -0.4 is 5.32 Å². The largest absolute Gasteiger partial charge is 0.464 e. The molecule has 0 saturated heterocycles. The van der Waals surface area contributed by atoms with Gasteiger partial charge in [-0.2, -0.15) is 0 Å². The van der Waals surface area contributed by atoms with E-state index in [1.807, 2.05) is 48.6 Å². The van der Waals surface area contributed by atoms with Crippen LogP contribution in [0.2, 0.25) is 0 Å². The van der Waals surface area contributed by atoms with Crippen LogP contribution in [0.4, 0.5) is 0 Å². The molecule has 4 rings (SSSR count).